The lowest BCUT2D eigenvalue weighted by molar-refractivity contribution is -0.138. The first-order valence-corrected chi connectivity index (χ1v) is 4.50. The molecule has 0 unspecified atom stereocenters. The van der Waals surface area contributed by atoms with Crippen molar-refractivity contribution in [3.8, 4) is 5.75 Å². The van der Waals surface area contributed by atoms with Crippen molar-refractivity contribution in [2.45, 2.75) is 0 Å². The van der Waals surface area contributed by atoms with Crippen LogP contribution in [0, 0.1) is 0 Å². The smallest absolute Gasteiger partial charge is 0.330 e. The van der Waals surface area contributed by atoms with Gasteiger partial charge in [0.2, 0.25) is 0 Å². The Morgan fingerprint density at radius 2 is 2.13 bits per heavy atom. The van der Waals surface area contributed by atoms with Crippen LogP contribution < -0.4 is 10.5 Å². The van der Waals surface area contributed by atoms with Gasteiger partial charge in [0, 0.05) is 6.08 Å². The minimum Gasteiger partial charge on any atom is -0.488 e. The molecule has 1 aromatic rings. The average molecular weight is 207 g/mol. The van der Waals surface area contributed by atoms with Crippen LogP contribution in [0.5, 0.6) is 5.75 Å². The summed E-state index contributed by atoms with van der Waals surface area (Å²) in [5.74, 6) is 0.131. The largest absolute Gasteiger partial charge is 0.488 e. The van der Waals surface area contributed by atoms with Gasteiger partial charge in [0.1, 0.15) is 19.0 Å². The number of rotatable bonds is 5. The average Bonchev–Trinajstić information content (AvgIpc) is 2.26. The summed E-state index contributed by atoms with van der Waals surface area (Å²) < 4.78 is 10.0. The summed E-state index contributed by atoms with van der Waals surface area (Å²) in [6.45, 7) is 3.73. The molecule has 0 saturated carbocycles. The van der Waals surface area contributed by atoms with Crippen LogP contribution in [0.2, 0.25) is 0 Å². The molecule has 0 aliphatic carbocycles. The second-order valence-electron chi connectivity index (χ2n) is 2.76. The molecular formula is C11H13NO3. The van der Waals surface area contributed by atoms with E-state index in [2.05, 4.69) is 6.58 Å². The number of carbonyl (C=O) groups excluding carboxylic acids is 1. The van der Waals surface area contributed by atoms with Crippen LogP contribution >= 0.6 is 0 Å². The molecule has 2 N–H and O–H groups in total. The molecule has 0 saturated heterocycles. The van der Waals surface area contributed by atoms with Crippen molar-refractivity contribution in [3.05, 3.63) is 36.9 Å². The van der Waals surface area contributed by atoms with E-state index in [-0.39, 0.29) is 13.2 Å². The molecular weight excluding hydrogens is 194 g/mol. The van der Waals surface area contributed by atoms with Gasteiger partial charge in [-0.3, -0.25) is 0 Å². The predicted molar refractivity (Wildman–Crippen MR) is 57.5 cm³/mol. The van der Waals surface area contributed by atoms with Crippen LogP contribution in [0.15, 0.2) is 36.9 Å². The summed E-state index contributed by atoms with van der Waals surface area (Å²) in [4.78, 5) is 10.7. The number of para-hydroxylation sites is 2. The first kappa shape index (κ1) is 11.1. The Balaban J connectivity index is 2.29. The first-order chi connectivity index (χ1) is 7.24. The predicted octanol–water partition coefficient (Wildman–Crippen LogP) is 1.38. The SMILES string of the molecule is C=CC(=O)OCCOc1ccccc1N. The molecule has 0 amide bonds. The van der Waals surface area contributed by atoms with E-state index in [0.717, 1.165) is 6.08 Å². The van der Waals surface area contributed by atoms with Gasteiger partial charge in [0.25, 0.3) is 0 Å². The molecule has 0 radical (unpaired) electrons. The van der Waals surface area contributed by atoms with Gasteiger partial charge in [-0.25, -0.2) is 4.79 Å². The maximum atomic E-state index is 10.7. The van der Waals surface area contributed by atoms with Crippen molar-refractivity contribution < 1.29 is 14.3 Å². The summed E-state index contributed by atoms with van der Waals surface area (Å²) in [6.07, 6.45) is 1.11. The van der Waals surface area contributed by atoms with E-state index in [9.17, 15) is 4.79 Å². The molecule has 0 spiro atoms. The number of benzene rings is 1. The van der Waals surface area contributed by atoms with Crippen molar-refractivity contribution >= 4 is 11.7 Å². The van der Waals surface area contributed by atoms with Crippen molar-refractivity contribution in [3.63, 3.8) is 0 Å². The Kier molecular flexibility index (Phi) is 4.22. The minimum atomic E-state index is -0.459. The Hall–Kier alpha value is -1.97. The van der Waals surface area contributed by atoms with Gasteiger partial charge in [-0.1, -0.05) is 18.7 Å². The maximum absolute atomic E-state index is 10.7. The molecule has 0 aromatic heterocycles. The lowest BCUT2D eigenvalue weighted by Crippen LogP contribution is -2.10. The highest BCUT2D eigenvalue weighted by atomic mass is 16.6. The Bertz CT molecular complexity index is 349. The number of esters is 1. The quantitative estimate of drug-likeness (QED) is 0.343. The van der Waals surface area contributed by atoms with Crippen LogP contribution in [0.25, 0.3) is 0 Å². The summed E-state index contributed by atoms with van der Waals surface area (Å²) in [6, 6.07) is 7.14. The number of hydrogen-bond acceptors (Lipinski definition) is 4. The van der Waals surface area contributed by atoms with Crippen molar-refractivity contribution in [2.75, 3.05) is 18.9 Å². The zero-order valence-electron chi connectivity index (χ0n) is 8.31. The van der Waals surface area contributed by atoms with Gasteiger partial charge in [-0.05, 0) is 12.1 Å². The minimum absolute atomic E-state index is 0.180. The van der Waals surface area contributed by atoms with E-state index < -0.39 is 5.97 Å². The molecule has 1 aromatic carbocycles. The van der Waals surface area contributed by atoms with Gasteiger partial charge in [-0.2, -0.15) is 0 Å². The summed E-state index contributed by atoms with van der Waals surface area (Å²) in [5.41, 5.74) is 6.20. The number of carbonyl (C=O) groups is 1. The summed E-state index contributed by atoms with van der Waals surface area (Å²) >= 11 is 0. The Morgan fingerprint density at radius 1 is 1.40 bits per heavy atom. The highest BCUT2D eigenvalue weighted by Crippen LogP contribution is 2.19. The summed E-state index contributed by atoms with van der Waals surface area (Å²) in [5, 5.41) is 0. The molecule has 4 heteroatoms. The maximum Gasteiger partial charge on any atom is 0.330 e. The number of nitrogen functional groups attached to an aromatic ring is 1. The molecule has 0 fully saturated rings. The van der Waals surface area contributed by atoms with E-state index >= 15 is 0 Å². The van der Waals surface area contributed by atoms with Crippen LogP contribution in [0.3, 0.4) is 0 Å². The van der Waals surface area contributed by atoms with Crippen LogP contribution in [0.1, 0.15) is 0 Å². The fourth-order valence-electron chi connectivity index (χ4n) is 0.965. The van der Waals surface area contributed by atoms with Gasteiger partial charge < -0.3 is 15.2 Å². The van der Waals surface area contributed by atoms with Gasteiger partial charge >= 0.3 is 5.97 Å². The van der Waals surface area contributed by atoms with E-state index in [1.54, 1.807) is 12.1 Å². The normalized spacial score (nSPS) is 9.33. The highest BCUT2D eigenvalue weighted by Gasteiger charge is 1.99. The van der Waals surface area contributed by atoms with E-state index in [4.69, 9.17) is 15.2 Å². The zero-order chi connectivity index (χ0) is 11.1. The monoisotopic (exact) mass is 207 g/mol. The highest BCUT2D eigenvalue weighted by molar-refractivity contribution is 5.81. The molecule has 1 rings (SSSR count). The van der Waals surface area contributed by atoms with Crippen molar-refractivity contribution in [2.24, 2.45) is 0 Å². The second kappa shape index (κ2) is 5.70. The van der Waals surface area contributed by atoms with Crippen LogP contribution in [-0.2, 0) is 9.53 Å². The van der Waals surface area contributed by atoms with Crippen LogP contribution in [0.4, 0.5) is 5.69 Å². The topological polar surface area (TPSA) is 61.5 Å². The lowest BCUT2D eigenvalue weighted by Gasteiger charge is -2.07. The van der Waals surface area contributed by atoms with Gasteiger partial charge in [0.15, 0.2) is 0 Å². The van der Waals surface area contributed by atoms with E-state index in [1.165, 1.54) is 0 Å². The molecule has 0 aliphatic heterocycles. The number of ether oxygens (including phenoxy) is 2. The summed E-state index contributed by atoms with van der Waals surface area (Å²) in [7, 11) is 0. The van der Waals surface area contributed by atoms with Gasteiger partial charge in [-0.15, -0.1) is 0 Å². The molecule has 15 heavy (non-hydrogen) atoms. The third-order valence-corrected chi connectivity index (χ3v) is 1.67. The molecule has 0 heterocycles. The molecule has 4 nitrogen and oxygen atoms in total. The number of hydrogen-bond donors (Lipinski definition) is 1. The molecule has 0 aliphatic rings. The van der Waals surface area contributed by atoms with Crippen molar-refractivity contribution in [1.82, 2.24) is 0 Å². The Labute approximate surface area is 88.3 Å². The molecule has 80 valence electrons. The van der Waals surface area contributed by atoms with Crippen LogP contribution in [-0.4, -0.2) is 19.2 Å². The third-order valence-electron chi connectivity index (χ3n) is 1.67. The number of nitrogens with two attached hydrogens (primary N) is 1. The number of anilines is 1. The zero-order valence-corrected chi connectivity index (χ0v) is 8.31. The standard InChI is InChI=1S/C11H13NO3/c1-2-11(13)15-8-7-14-10-6-4-3-5-9(10)12/h2-6H,1,7-8,12H2. The van der Waals surface area contributed by atoms with E-state index in [0.29, 0.717) is 11.4 Å². The molecule has 0 atom stereocenters. The van der Waals surface area contributed by atoms with Gasteiger partial charge in [0.05, 0.1) is 5.69 Å². The fraction of sp³-hybridized carbons (Fsp3) is 0.182. The molecule has 0 bridgehead atoms. The lowest BCUT2D eigenvalue weighted by atomic mass is 10.3. The second-order valence-corrected chi connectivity index (χ2v) is 2.76. The first-order valence-electron chi connectivity index (χ1n) is 4.50. The Morgan fingerprint density at radius 3 is 2.80 bits per heavy atom. The van der Waals surface area contributed by atoms with Crippen molar-refractivity contribution in [1.29, 1.82) is 0 Å². The fourth-order valence-corrected chi connectivity index (χ4v) is 0.965. The third kappa shape index (κ3) is 3.72. The van der Waals surface area contributed by atoms with E-state index in [1.807, 2.05) is 12.1 Å².